The normalized spacial score (nSPS) is 9.39. The maximum absolute atomic E-state index is 11.4. The molecular formula is C13H16N2O3. The Morgan fingerprint density at radius 3 is 2.83 bits per heavy atom. The van der Waals surface area contributed by atoms with Gasteiger partial charge >= 0.3 is 0 Å². The van der Waals surface area contributed by atoms with Crippen LogP contribution in [0, 0.1) is 11.3 Å². The van der Waals surface area contributed by atoms with Crippen LogP contribution >= 0.6 is 0 Å². The zero-order valence-corrected chi connectivity index (χ0v) is 10.5. The van der Waals surface area contributed by atoms with Crippen molar-refractivity contribution < 1.29 is 14.3 Å². The monoisotopic (exact) mass is 248 g/mol. The van der Waals surface area contributed by atoms with Crippen LogP contribution in [0.15, 0.2) is 18.2 Å². The van der Waals surface area contributed by atoms with Crippen molar-refractivity contribution >= 4 is 5.91 Å². The van der Waals surface area contributed by atoms with E-state index in [1.54, 1.807) is 18.2 Å². The molecule has 1 aromatic rings. The Morgan fingerprint density at radius 1 is 1.44 bits per heavy atom. The highest BCUT2D eigenvalue weighted by Crippen LogP contribution is 2.27. The van der Waals surface area contributed by atoms with Crippen molar-refractivity contribution in [3.63, 3.8) is 0 Å². The number of hydrogen-bond acceptors (Lipinski definition) is 4. The number of methoxy groups -OCH3 is 1. The van der Waals surface area contributed by atoms with Crippen molar-refractivity contribution in [2.24, 2.45) is 0 Å². The summed E-state index contributed by atoms with van der Waals surface area (Å²) in [5.41, 5.74) is 0.481. The number of hydrogen-bond donors (Lipinski definition) is 1. The Kier molecular flexibility index (Phi) is 5.52. The smallest absolute Gasteiger partial charge is 0.257 e. The molecule has 0 aromatic heterocycles. The quantitative estimate of drug-likeness (QED) is 0.827. The second kappa shape index (κ2) is 7.17. The van der Waals surface area contributed by atoms with E-state index in [9.17, 15) is 4.79 Å². The molecule has 1 amide bonds. The average Bonchev–Trinajstić information content (AvgIpc) is 2.42. The number of carbonyl (C=O) groups excluding carboxylic acids is 1. The van der Waals surface area contributed by atoms with Crippen molar-refractivity contribution in [3.05, 3.63) is 23.8 Å². The van der Waals surface area contributed by atoms with Crippen LogP contribution in [0.3, 0.4) is 0 Å². The zero-order valence-electron chi connectivity index (χ0n) is 10.5. The third kappa shape index (κ3) is 3.98. The van der Waals surface area contributed by atoms with Gasteiger partial charge in [-0.05, 0) is 18.6 Å². The summed E-state index contributed by atoms with van der Waals surface area (Å²) in [5.74, 6) is 0.712. The number of rotatable bonds is 6. The minimum Gasteiger partial charge on any atom is -0.493 e. The summed E-state index contributed by atoms with van der Waals surface area (Å²) in [6.07, 6.45) is 0.881. The van der Waals surface area contributed by atoms with Gasteiger partial charge in [0.15, 0.2) is 18.1 Å². The third-order valence-electron chi connectivity index (χ3n) is 2.22. The Morgan fingerprint density at radius 2 is 2.22 bits per heavy atom. The summed E-state index contributed by atoms with van der Waals surface area (Å²) >= 11 is 0. The molecule has 0 aliphatic rings. The standard InChI is InChI=1S/C13H16N2O3/c1-3-6-15-13(16)9-18-11-5-4-10(8-14)7-12(11)17-2/h4-5,7H,3,6,9H2,1-2H3,(H,15,16). The van der Waals surface area contributed by atoms with Crippen molar-refractivity contribution in [2.45, 2.75) is 13.3 Å². The molecule has 0 heterocycles. The molecule has 0 atom stereocenters. The highest BCUT2D eigenvalue weighted by atomic mass is 16.5. The van der Waals surface area contributed by atoms with Gasteiger partial charge in [-0.15, -0.1) is 0 Å². The van der Waals surface area contributed by atoms with Crippen LogP contribution < -0.4 is 14.8 Å². The molecule has 0 unspecified atom stereocenters. The van der Waals surface area contributed by atoms with E-state index in [0.29, 0.717) is 23.6 Å². The molecule has 1 aromatic carbocycles. The van der Waals surface area contributed by atoms with Gasteiger partial charge in [0.05, 0.1) is 18.7 Å². The Labute approximate surface area is 106 Å². The van der Waals surface area contributed by atoms with Crippen LogP contribution in [0.2, 0.25) is 0 Å². The molecule has 5 nitrogen and oxygen atoms in total. The third-order valence-corrected chi connectivity index (χ3v) is 2.22. The van der Waals surface area contributed by atoms with Gasteiger partial charge in [-0.2, -0.15) is 5.26 Å². The molecule has 0 radical (unpaired) electrons. The van der Waals surface area contributed by atoms with E-state index in [-0.39, 0.29) is 12.5 Å². The van der Waals surface area contributed by atoms with Gasteiger partial charge < -0.3 is 14.8 Å². The fraction of sp³-hybridized carbons (Fsp3) is 0.385. The van der Waals surface area contributed by atoms with Gasteiger partial charge in [0.2, 0.25) is 0 Å². The Bertz CT molecular complexity index is 452. The van der Waals surface area contributed by atoms with Crippen LogP contribution in [0.1, 0.15) is 18.9 Å². The van der Waals surface area contributed by atoms with Gasteiger partial charge in [-0.3, -0.25) is 4.79 Å². The Balaban J connectivity index is 2.62. The molecule has 0 aliphatic carbocycles. The van der Waals surface area contributed by atoms with Gasteiger partial charge in [0.25, 0.3) is 5.91 Å². The van der Waals surface area contributed by atoms with Crippen molar-refractivity contribution in [3.8, 4) is 17.6 Å². The van der Waals surface area contributed by atoms with E-state index in [2.05, 4.69) is 5.32 Å². The first-order chi connectivity index (χ1) is 8.71. The van der Waals surface area contributed by atoms with E-state index >= 15 is 0 Å². The second-order valence-electron chi connectivity index (χ2n) is 3.62. The first-order valence-electron chi connectivity index (χ1n) is 5.69. The predicted molar refractivity (Wildman–Crippen MR) is 66.5 cm³/mol. The van der Waals surface area contributed by atoms with Crippen LogP contribution in [0.5, 0.6) is 11.5 Å². The summed E-state index contributed by atoms with van der Waals surface area (Å²) in [7, 11) is 1.49. The Hall–Kier alpha value is -2.22. The molecule has 0 aliphatic heterocycles. The molecule has 96 valence electrons. The van der Waals surface area contributed by atoms with E-state index in [4.69, 9.17) is 14.7 Å². The second-order valence-corrected chi connectivity index (χ2v) is 3.62. The minimum atomic E-state index is -0.178. The first kappa shape index (κ1) is 13.8. The van der Waals surface area contributed by atoms with Crippen LogP contribution in [0.4, 0.5) is 0 Å². The molecule has 5 heteroatoms. The summed E-state index contributed by atoms with van der Waals surface area (Å²) < 4.78 is 10.4. The lowest BCUT2D eigenvalue weighted by atomic mass is 10.2. The zero-order chi connectivity index (χ0) is 13.4. The highest BCUT2D eigenvalue weighted by molar-refractivity contribution is 5.77. The molecule has 0 fully saturated rings. The average molecular weight is 248 g/mol. The number of nitrogens with one attached hydrogen (secondary N) is 1. The van der Waals surface area contributed by atoms with Gasteiger partial charge in [0, 0.05) is 12.6 Å². The number of carbonyl (C=O) groups is 1. The number of ether oxygens (including phenoxy) is 2. The van der Waals surface area contributed by atoms with E-state index in [1.165, 1.54) is 7.11 Å². The number of nitrogens with zero attached hydrogens (tertiary/aromatic N) is 1. The minimum absolute atomic E-state index is 0.0672. The van der Waals surface area contributed by atoms with Crippen LogP contribution in [-0.4, -0.2) is 26.2 Å². The van der Waals surface area contributed by atoms with E-state index in [0.717, 1.165) is 6.42 Å². The van der Waals surface area contributed by atoms with Crippen LogP contribution in [-0.2, 0) is 4.79 Å². The molecule has 0 saturated heterocycles. The fourth-order valence-corrected chi connectivity index (χ4v) is 1.32. The van der Waals surface area contributed by atoms with Crippen molar-refractivity contribution in [2.75, 3.05) is 20.3 Å². The highest BCUT2D eigenvalue weighted by Gasteiger charge is 2.08. The lowest BCUT2D eigenvalue weighted by Gasteiger charge is -2.10. The van der Waals surface area contributed by atoms with E-state index < -0.39 is 0 Å². The van der Waals surface area contributed by atoms with Crippen molar-refractivity contribution in [1.82, 2.24) is 5.32 Å². The molecular weight excluding hydrogens is 232 g/mol. The van der Waals surface area contributed by atoms with Crippen LogP contribution in [0.25, 0.3) is 0 Å². The molecule has 1 N–H and O–H groups in total. The lowest BCUT2D eigenvalue weighted by Crippen LogP contribution is -2.29. The van der Waals surface area contributed by atoms with Gasteiger partial charge in [-0.25, -0.2) is 0 Å². The molecule has 0 bridgehead atoms. The first-order valence-corrected chi connectivity index (χ1v) is 5.69. The van der Waals surface area contributed by atoms with Gasteiger partial charge in [0.1, 0.15) is 0 Å². The fourth-order valence-electron chi connectivity index (χ4n) is 1.32. The molecule has 18 heavy (non-hydrogen) atoms. The topological polar surface area (TPSA) is 71.3 Å². The molecule has 1 rings (SSSR count). The van der Waals surface area contributed by atoms with Gasteiger partial charge in [-0.1, -0.05) is 6.92 Å². The molecule has 0 spiro atoms. The maximum Gasteiger partial charge on any atom is 0.257 e. The number of amides is 1. The van der Waals surface area contributed by atoms with E-state index in [1.807, 2.05) is 13.0 Å². The van der Waals surface area contributed by atoms with Crippen molar-refractivity contribution in [1.29, 1.82) is 5.26 Å². The summed E-state index contributed by atoms with van der Waals surface area (Å²) in [4.78, 5) is 11.4. The summed E-state index contributed by atoms with van der Waals surface area (Å²) in [6.45, 7) is 2.54. The summed E-state index contributed by atoms with van der Waals surface area (Å²) in [6, 6.07) is 6.80. The molecule has 0 saturated carbocycles. The number of benzene rings is 1. The maximum atomic E-state index is 11.4. The number of nitriles is 1. The predicted octanol–water partition coefficient (Wildman–Crippen LogP) is 1.47. The lowest BCUT2D eigenvalue weighted by molar-refractivity contribution is -0.123. The summed E-state index contributed by atoms with van der Waals surface area (Å²) in [5, 5.41) is 11.5. The SMILES string of the molecule is CCCNC(=O)COc1ccc(C#N)cc1OC. The largest absolute Gasteiger partial charge is 0.493 e.